The van der Waals surface area contributed by atoms with E-state index < -0.39 is 0 Å². The number of aliphatic hydroxyl groups is 1. The molecule has 1 unspecified atom stereocenters. The summed E-state index contributed by atoms with van der Waals surface area (Å²) >= 11 is 0. The second-order valence-corrected chi connectivity index (χ2v) is 11.2. The van der Waals surface area contributed by atoms with E-state index in [1.165, 1.54) is 86.5 Å². The summed E-state index contributed by atoms with van der Waals surface area (Å²) in [5, 5.41) is 9.45. The van der Waals surface area contributed by atoms with Gasteiger partial charge < -0.3 is 9.84 Å². The first-order chi connectivity index (χ1) is 17.9. The van der Waals surface area contributed by atoms with Crippen molar-refractivity contribution >= 4 is 6.47 Å². The van der Waals surface area contributed by atoms with Gasteiger partial charge in [-0.3, -0.25) is 4.79 Å². The van der Waals surface area contributed by atoms with Crippen molar-refractivity contribution in [2.75, 3.05) is 13.2 Å². The highest BCUT2D eigenvalue weighted by molar-refractivity contribution is 5.64. The van der Waals surface area contributed by atoms with Crippen molar-refractivity contribution in [3.05, 3.63) is 71.8 Å². The summed E-state index contributed by atoms with van der Waals surface area (Å²) in [5.74, 6) is 1.86. The fourth-order valence-corrected chi connectivity index (χ4v) is 5.24. The minimum absolute atomic E-state index is 0.0114. The van der Waals surface area contributed by atoms with Gasteiger partial charge in [-0.1, -0.05) is 112 Å². The predicted molar refractivity (Wildman–Crippen MR) is 157 cm³/mol. The lowest BCUT2D eigenvalue weighted by atomic mass is 9.78. The molecule has 0 spiro atoms. The number of benzene rings is 2. The summed E-state index contributed by atoms with van der Waals surface area (Å²) in [6.07, 6.45) is 14.6. The van der Waals surface area contributed by atoms with Crippen LogP contribution in [0.4, 0.5) is 0 Å². The molecule has 0 saturated heterocycles. The average Bonchev–Trinajstić information content (AvgIpc) is 2.91. The molecule has 2 aromatic carbocycles. The fraction of sp³-hybridized carbons (Fsp3) is 0.559. The van der Waals surface area contributed by atoms with Crippen molar-refractivity contribution in [2.45, 2.75) is 91.4 Å². The highest BCUT2D eigenvalue weighted by atomic mass is 16.5. The zero-order valence-corrected chi connectivity index (χ0v) is 23.6. The Balaban J connectivity index is 0.00000112. The highest BCUT2D eigenvalue weighted by Crippen LogP contribution is 2.34. The predicted octanol–water partition coefficient (Wildman–Crippen LogP) is 8.58. The number of carbonyl (C=O) groups excluding carboxylic acids is 1. The number of hydrogen-bond donors (Lipinski definition) is 1. The summed E-state index contributed by atoms with van der Waals surface area (Å²) in [4.78, 5) is 10.4. The molecule has 1 fully saturated rings. The molecule has 2 aromatic rings. The largest absolute Gasteiger partial charge is 0.468 e. The first-order valence-electron chi connectivity index (χ1n) is 14.4. The topological polar surface area (TPSA) is 46.5 Å². The van der Waals surface area contributed by atoms with Gasteiger partial charge in [0.15, 0.2) is 0 Å². The van der Waals surface area contributed by atoms with E-state index in [4.69, 9.17) is 4.74 Å². The lowest BCUT2D eigenvalue weighted by Crippen LogP contribution is -2.16. The van der Waals surface area contributed by atoms with E-state index in [0.29, 0.717) is 12.9 Å². The Morgan fingerprint density at radius 2 is 1.43 bits per heavy atom. The average molecular weight is 507 g/mol. The van der Waals surface area contributed by atoms with Crippen LogP contribution < -0.4 is 0 Å². The third kappa shape index (κ3) is 12.6. The lowest BCUT2D eigenvalue weighted by Gasteiger charge is -2.28. The number of aliphatic hydroxyl groups excluding tert-OH is 1. The molecule has 1 aliphatic carbocycles. The van der Waals surface area contributed by atoms with Gasteiger partial charge in [-0.2, -0.15) is 0 Å². The van der Waals surface area contributed by atoms with Gasteiger partial charge >= 0.3 is 0 Å². The zero-order valence-electron chi connectivity index (χ0n) is 23.6. The molecular weight excluding hydrogens is 456 g/mol. The van der Waals surface area contributed by atoms with Crippen LogP contribution in [0.2, 0.25) is 0 Å². The molecule has 0 radical (unpaired) electrons. The summed E-state index contributed by atoms with van der Waals surface area (Å²) in [6, 6.07) is 17.5. The summed E-state index contributed by atoms with van der Waals surface area (Å²) in [5.41, 5.74) is 6.20. The van der Waals surface area contributed by atoms with E-state index in [2.05, 4.69) is 62.0 Å². The van der Waals surface area contributed by atoms with E-state index in [1.54, 1.807) is 0 Å². The number of hydrogen-bond acceptors (Lipinski definition) is 3. The van der Waals surface area contributed by atoms with Gasteiger partial charge in [0.25, 0.3) is 6.47 Å². The van der Waals surface area contributed by atoms with Crippen LogP contribution in [-0.2, 0) is 22.4 Å². The molecule has 1 atom stereocenters. The second-order valence-electron chi connectivity index (χ2n) is 11.2. The van der Waals surface area contributed by atoms with Crippen LogP contribution in [-0.4, -0.2) is 24.8 Å². The fourth-order valence-electron chi connectivity index (χ4n) is 5.24. The first-order valence-corrected chi connectivity index (χ1v) is 14.4. The van der Waals surface area contributed by atoms with Crippen LogP contribution in [0.3, 0.4) is 0 Å². The second kappa shape index (κ2) is 18.0. The molecule has 0 amide bonds. The molecule has 3 rings (SSSR count). The van der Waals surface area contributed by atoms with Gasteiger partial charge in [0.05, 0.1) is 6.61 Å². The number of allylic oxidation sites excluding steroid dienone is 1. The molecule has 0 heterocycles. The standard InChI is InChI=1S/C30H42O3.C4H8/c1-2-3-4-5-24-6-8-25(9-7-24)10-11-26-12-16-29(17-13-26)30-18-14-27(15-19-30)20-28(21-31)22-33-23-32;1-4(2)3/h12-19,23-25,28,31H,2-11,20-22H2,1H3;1H2,2-3H3. The highest BCUT2D eigenvalue weighted by Gasteiger charge is 2.20. The third-order valence-corrected chi connectivity index (χ3v) is 7.45. The smallest absolute Gasteiger partial charge is 0.293 e. The molecule has 3 heteroatoms. The Morgan fingerprint density at radius 3 is 1.92 bits per heavy atom. The molecule has 1 N–H and O–H groups in total. The van der Waals surface area contributed by atoms with E-state index in [1.807, 2.05) is 13.8 Å². The van der Waals surface area contributed by atoms with Crippen molar-refractivity contribution in [3.63, 3.8) is 0 Å². The summed E-state index contributed by atoms with van der Waals surface area (Å²) in [7, 11) is 0. The van der Waals surface area contributed by atoms with Crippen molar-refractivity contribution < 1.29 is 14.6 Å². The third-order valence-electron chi connectivity index (χ3n) is 7.45. The Labute approximate surface area is 226 Å². The quantitative estimate of drug-likeness (QED) is 0.158. The molecular formula is C34H50O3. The van der Waals surface area contributed by atoms with Crippen molar-refractivity contribution in [1.82, 2.24) is 0 Å². The summed E-state index contributed by atoms with van der Waals surface area (Å²) in [6.45, 7) is 10.5. The number of carbonyl (C=O) groups is 1. The number of unbranched alkanes of at least 4 members (excludes halogenated alkanes) is 2. The first kappa shape index (κ1) is 30.8. The number of rotatable bonds is 14. The van der Waals surface area contributed by atoms with Crippen LogP contribution in [0.5, 0.6) is 0 Å². The molecule has 1 aliphatic rings. The van der Waals surface area contributed by atoms with E-state index >= 15 is 0 Å². The van der Waals surface area contributed by atoms with Crippen LogP contribution in [0.1, 0.15) is 89.7 Å². The molecule has 1 saturated carbocycles. The lowest BCUT2D eigenvalue weighted by molar-refractivity contribution is -0.130. The van der Waals surface area contributed by atoms with Gasteiger partial charge in [0, 0.05) is 12.5 Å². The van der Waals surface area contributed by atoms with Crippen LogP contribution >= 0.6 is 0 Å². The molecule has 3 nitrogen and oxygen atoms in total. The molecule has 37 heavy (non-hydrogen) atoms. The van der Waals surface area contributed by atoms with Gasteiger partial charge in [0.2, 0.25) is 0 Å². The van der Waals surface area contributed by atoms with Crippen molar-refractivity contribution in [2.24, 2.45) is 17.8 Å². The van der Waals surface area contributed by atoms with Crippen molar-refractivity contribution in [1.29, 1.82) is 0 Å². The van der Waals surface area contributed by atoms with E-state index in [-0.39, 0.29) is 19.1 Å². The Hall–Kier alpha value is -2.39. The SMILES string of the molecule is C=C(C)C.CCCCCC1CCC(CCc2ccc(-c3ccc(CC(CO)COC=O)cc3)cc2)CC1. The van der Waals surface area contributed by atoms with E-state index in [0.717, 1.165) is 17.4 Å². The van der Waals surface area contributed by atoms with E-state index in [9.17, 15) is 9.90 Å². The molecule has 0 aromatic heterocycles. The van der Waals surface area contributed by atoms with Gasteiger partial charge in [-0.15, -0.1) is 6.58 Å². The maximum absolute atomic E-state index is 10.4. The molecule has 0 bridgehead atoms. The number of aryl methyl sites for hydroxylation is 1. The molecule has 0 aliphatic heterocycles. The Kier molecular flexibility index (Phi) is 15.0. The van der Waals surface area contributed by atoms with Gasteiger partial charge in [-0.25, -0.2) is 0 Å². The Bertz CT molecular complexity index is 872. The van der Waals surface area contributed by atoms with Crippen LogP contribution in [0.25, 0.3) is 11.1 Å². The Morgan fingerprint density at radius 1 is 0.919 bits per heavy atom. The maximum atomic E-state index is 10.4. The number of ether oxygens (including phenoxy) is 1. The molecule has 204 valence electrons. The minimum Gasteiger partial charge on any atom is -0.468 e. The van der Waals surface area contributed by atoms with Crippen molar-refractivity contribution in [3.8, 4) is 11.1 Å². The minimum atomic E-state index is -0.0589. The zero-order chi connectivity index (χ0) is 26.9. The van der Waals surface area contributed by atoms with Gasteiger partial charge in [0.1, 0.15) is 0 Å². The van der Waals surface area contributed by atoms with Gasteiger partial charge in [-0.05, 0) is 67.2 Å². The van der Waals surface area contributed by atoms with Crippen LogP contribution in [0.15, 0.2) is 60.7 Å². The van der Waals surface area contributed by atoms with Crippen LogP contribution in [0, 0.1) is 17.8 Å². The monoisotopic (exact) mass is 506 g/mol. The summed E-state index contributed by atoms with van der Waals surface area (Å²) < 4.78 is 4.80. The maximum Gasteiger partial charge on any atom is 0.293 e. The normalized spacial score (nSPS) is 17.8.